The Hall–Kier alpha value is -4.82. The summed E-state index contributed by atoms with van der Waals surface area (Å²) in [7, 11) is -4.68. The van der Waals surface area contributed by atoms with E-state index in [1.165, 1.54) is 18.2 Å². The number of aryl methyl sites for hydroxylation is 3. The van der Waals surface area contributed by atoms with Gasteiger partial charge in [0.05, 0.1) is 24.3 Å². The summed E-state index contributed by atoms with van der Waals surface area (Å²) in [5, 5.41) is 0.206. The first kappa shape index (κ1) is 33.1. The van der Waals surface area contributed by atoms with Crippen molar-refractivity contribution in [2.45, 2.75) is 51.3 Å². The number of carbonyl (C=O) groups is 3. The predicted octanol–water partition coefficient (Wildman–Crippen LogP) is 3.34. The van der Waals surface area contributed by atoms with Crippen molar-refractivity contribution in [2.24, 2.45) is 5.92 Å². The van der Waals surface area contributed by atoms with Crippen LogP contribution in [0.2, 0.25) is 0 Å². The smallest absolute Gasteiger partial charge is 0.316 e. The summed E-state index contributed by atoms with van der Waals surface area (Å²) in [6.07, 6.45) is 2.31. The number of benzene rings is 2. The van der Waals surface area contributed by atoms with Crippen LogP contribution in [-0.4, -0.2) is 58.4 Å². The molecule has 13 nitrogen and oxygen atoms in total. The molecule has 0 aliphatic rings. The number of nitrogen functional groups attached to an aromatic ring is 1. The zero-order chi connectivity index (χ0) is 32.9. The lowest BCUT2D eigenvalue weighted by molar-refractivity contribution is -0.147. The van der Waals surface area contributed by atoms with E-state index in [1.54, 1.807) is 51.2 Å². The molecule has 0 spiro atoms. The second-order valence-electron chi connectivity index (χ2n) is 10.3. The fourth-order valence-corrected chi connectivity index (χ4v) is 5.67. The molecule has 0 fully saturated rings. The number of rotatable bonds is 13. The molecule has 1 unspecified atom stereocenters. The number of Topliss-reactive ketones (excluding diaryl/α,β-unsaturated/α-hetero) is 1. The van der Waals surface area contributed by atoms with Gasteiger partial charge in [0, 0.05) is 18.2 Å². The van der Waals surface area contributed by atoms with Crippen molar-refractivity contribution in [1.29, 1.82) is 0 Å². The van der Waals surface area contributed by atoms with Gasteiger partial charge in [-0.25, -0.2) is 4.57 Å². The van der Waals surface area contributed by atoms with Crippen molar-refractivity contribution in [1.82, 2.24) is 14.5 Å². The summed E-state index contributed by atoms with van der Waals surface area (Å²) < 4.78 is 44.8. The average molecular weight is 639 g/mol. The summed E-state index contributed by atoms with van der Waals surface area (Å²) in [6.45, 7) is 5.29. The fourth-order valence-electron chi connectivity index (χ4n) is 5.02. The zero-order valence-corrected chi connectivity index (χ0v) is 25.8. The van der Waals surface area contributed by atoms with Gasteiger partial charge < -0.3 is 20.2 Å². The van der Waals surface area contributed by atoms with Crippen LogP contribution < -0.4 is 11.3 Å². The van der Waals surface area contributed by atoms with Crippen molar-refractivity contribution in [2.75, 3.05) is 18.9 Å². The van der Waals surface area contributed by atoms with Crippen LogP contribution in [0, 0.1) is 12.8 Å². The van der Waals surface area contributed by atoms with E-state index in [9.17, 15) is 32.1 Å². The number of nitrogens with one attached hydrogen (secondary N) is 1. The number of fused-ring (bicyclic) bond motifs is 1. The van der Waals surface area contributed by atoms with E-state index in [1.807, 2.05) is 0 Å². The third-order valence-corrected chi connectivity index (χ3v) is 8.10. The number of nitrogens with zero attached hydrogens (tertiary/aromatic N) is 2. The molecule has 0 bridgehead atoms. The highest BCUT2D eigenvalue weighted by atomic mass is 32.2. The molecular weight excluding hydrogens is 604 g/mol. The molecule has 238 valence electrons. The molecule has 0 aliphatic heterocycles. The summed E-state index contributed by atoms with van der Waals surface area (Å²) in [4.78, 5) is 57.9. The first-order chi connectivity index (χ1) is 21.3. The molecule has 14 heteroatoms. The molecule has 4 aromatic rings. The normalized spacial score (nSPS) is 12.2. The van der Waals surface area contributed by atoms with Crippen LogP contribution in [-0.2, 0) is 42.0 Å². The van der Waals surface area contributed by atoms with Gasteiger partial charge in [0.25, 0.3) is 15.7 Å². The topological polar surface area (TPSA) is 201 Å². The molecule has 2 aromatic heterocycles. The number of H-pyrrole nitrogens is 1. The second kappa shape index (κ2) is 13.9. The third-order valence-electron chi connectivity index (χ3n) is 7.20. The van der Waals surface area contributed by atoms with Crippen LogP contribution >= 0.6 is 0 Å². The predicted molar refractivity (Wildman–Crippen MR) is 165 cm³/mol. The molecule has 2 aromatic carbocycles. The van der Waals surface area contributed by atoms with Crippen LogP contribution in [0.15, 0.2) is 58.4 Å². The molecule has 0 amide bonds. The molecule has 45 heavy (non-hydrogen) atoms. The zero-order valence-electron chi connectivity index (χ0n) is 25.0. The van der Waals surface area contributed by atoms with E-state index in [0.29, 0.717) is 24.0 Å². The highest BCUT2D eigenvalue weighted by molar-refractivity contribution is 7.86. The van der Waals surface area contributed by atoms with E-state index < -0.39 is 44.2 Å². The average Bonchev–Trinajstić information content (AvgIpc) is 3.39. The lowest BCUT2D eigenvalue weighted by Crippen LogP contribution is -2.27. The molecule has 1 atom stereocenters. The van der Waals surface area contributed by atoms with Crippen molar-refractivity contribution in [3.8, 4) is 5.69 Å². The van der Waals surface area contributed by atoms with E-state index in [-0.39, 0.29) is 54.3 Å². The number of ether oxygens (including phenoxy) is 2. The van der Waals surface area contributed by atoms with E-state index in [0.717, 1.165) is 10.1 Å². The first-order valence-electron chi connectivity index (χ1n) is 14.3. The number of hydrogen-bond acceptors (Lipinski definition) is 10. The standard InChI is InChI=1S/C31H34N4O9S/c1-4-43-25(36)15-13-22(30(39)44-5-2)27(37)20-10-7-19(8-11-20)9-12-21-17-33-28-26(21)29(38)35(31(32)34-28)23-16-18(3)6-14-24(23)45(40,41)42/h6-8,10-11,14,16-17,22,33H,4-5,9,12-13,15H2,1-3H3,(H2,32,34)(H,40,41,42). The Morgan fingerprint density at radius 2 is 1.73 bits per heavy atom. The maximum Gasteiger partial charge on any atom is 0.316 e. The van der Waals surface area contributed by atoms with Gasteiger partial charge in [-0.3, -0.25) is 23.7 Å². The minimum Gasteiger partial charge on any atom is -0.466 e. The van der Waals surface area contributed by atoms with Gasteiger partial charge in [0.1, 0.15) is 16.5 Å². The Kier molecular flexibility index (Phi) is 10.2. The monoisotopic (exact) mass is 638 g/mol. The molecular formula is C31H34N4O9S. The second-order valence-corrected chi connectivity index (χ2v) is 11.7. The quantitative estimate of drug-likeness (QED) is 0.0839. The first-order valence-corrected chi connectivity index (χ1v) is 15.7. The van der Waals surface area contributed by atoms with Gasteiger partial charge in [-0.2, -0.15) is 13.4 Å². The summed E-state index contributed by atoms with van der Waals surface area (Å²) in [5.41, 5.74) is 7.90. The maximum absolute atomic E-state index is 13.7. The summed E-state index contributed by atoms with van der Waals surface area (Å²) in [6, 6.07) is 10.7. The lowest BCUT2D eigenvalue weighted by Gasteiger charge is -2.14. The Bertz CT molecular complexity index is 1910. The fraction of sp³-hybridized carbons (Fsp3) is 0.323. The summed E-state index contributed by atoms with van der Waals surface area (Å²) >= 11 is 0. The number of carbonyl (C=O) groups excluding carboxylic acids is 3. The van der Waals surface area contributed by atoms with Crippen LogP contribution in [0.4, 0.5) is 5.95 Å². The lowest BCUT2D eigenvalue weighted by atomic mass is 9.92. The van der Waals surface area contributed by atoms with Crippen molar-refractivity contribution < 1.29 is 36.8 Å². The van der Waals surface area contributed by atoms with Gasteiger partial charge in [0.2, 0.25) is 5.95 Å². The van der Waals surface area contributed by atoms with Gasteiger partial charge in [-0.05, 0) is 68.9 Å². The number of anilines is 1. The number of esters is 2. The highest BCUT2D eigenvalue weighted by Gasteiger charge is 2.30. The van der Waals surface area contributed by atoms with Crippen LogP contribution in [0.3, 0.4) is 0 Å². The SMILES string of the molecule is CCOC(=O)CCC(C(=O)OCC)C(=O)c1ccc(CCc2c[nH]c3nc(N)n(-c4cc(C)ccc4S(=O)(=O)O)c(=O)c23)cc1. The number of ketones is 1. The maximum atomic E-state index is 13.7. The Morgan fingerprint density at radius 1 is 1.04 bits per heavy atom. The largest absolute Gasteiger partial charge is 0.466 e. The molecule has 4 rings (SSSR count). The van der Waals surface area contributed by atoms with Crippen LogP contribution in [0.5, 0.6) is 0 Å². The molecule has 0 aliphatic carbocycles. The molecule has 0 saturated carbocycles. The van der Waals surface area contributed by atoms with Gasteiger partial charge >= 0.3 is 11.9 Å². The highest BCUT2D eigenvalue weighted by Crippen LogP contribution is 2.25. The Balaban J connectivity index is 1.58. The van der Waals surface area contributed by atoms with Crippen molar-refractivity contribution in [3.63, 3.8) is 0 Å². The van der Waals surface area contributed by atoms with Crippen molar-refractivity contribution in [3.05, 3.63) is 81.3 Å². The van der Waals surface area contributed by atoms with Gasteiger partial charge in [0.15, 0.2) is 5.78 Å². The van der Waals surface area contributed by atoms with Gasteiger partial charge in [-0.1, -0.05) is 30.3 Å². The Morgan fingerprint density at radius 3 is 2.38 bits per heavy atom. The number of aromatic nitrogens is 3. The Labute approximate surface area is 259 Å². The number of aromatic amines is 1. The third kappa shape index (κ3) is 7.46. The van der Waals surface area contributed by atoms with E-state index >= 15 is 0 Å². The molecule has 0 saturated heterocycles. The molecule has 0 radical (unpaired) electrons. The van der Waals surface area contributed by atoms with Crippen molar-refractivity contribution >= 4 is 44.8 Å². The van der Waals surface area contributed by atoms with E-state index in [4.69, 9.17) is 15.2 Å². The van der Waals surface area contributed by atoms with Crippen LogP contribution in [0.1, 0.15) is 53.7 Å². The minimum absolute atomic E-state index is 0.0385. The van der Waals surface area contributed by atoms with Gasteiger partial charge in [-0.15, -0.1) is 0 Å². The van der Waals surface area contributed by atoms with Crippen LogP contribution in [0.25, 0.3) is 16.7 Å². The minimum atomic E-state index is -4.68. The number of nitrogens with two attached hydrogens (primary N) is 1. The van der Waals surface area contributed by atoms with E-state index in [2.05, 4.69) is 9.97 Å². The molecule has 4 N–H and O–H groups in total. The molecule has 2 heterocycles. The number of hydrogen-bond donors (Lipinski definition) is 3. The summed E-state index contributed by atoms with van der Waals surface area (Å²) in [5.74, 6) is -3.09.